The average molecular weight is 383 g/mol. The van der Waals surface area contributed by atoms with Crippen LogP contribution in [0.25, 0.3) is 11.0 Å². The van der Waals surface area contributed by atoms with E-state index in [1.165, 1.54) is 0 Å². The first-order valence-corrected chi connectivity index (χ1v) is 9.33. The largest absolute Gasteiger partial charge is 0.311 e. The number of benzene rings is 2. The molecule has 1 fully saturated rings. The molecule has 0 aliphatic carbocycles. The molecule has 27 heavy (non-hydrogen) atoms. The third-order valence-electron chi connectivity index (χ3n) is 4.77. The summed E-state index contributed by atoms with van der Waals surface area (Å²) >= 11 is 6.27. The van der Waals surface area contributed by atoms with Gasteiger partial charge in [0.05, 0.1) is 21.7 Å². The van der Waals surface area contributed by atoms with Crippen LogP contribution in [0.15, 0.2) is 42.5 Å². The van der Waals surface area contributed by atoms with E-state index >= 15 is 0 Å². The Hall–Kier alpha value is -2.86. The number of nitrogens with zero attached hydrogens (tertiary/aromatic N) is 3. The molecule has 138 valence electrons. The Kier molecular flexibility index (Phi) is 4.58. The van der Waals surface area contributed by atoms with Crippen LogP contribution in [-0.4, -0.2) is 27.9 Å². The lowest BCUT2D eigenvalue weighted by Crippen LogP contribution is -2.24. The van der Waals surface area contributed by atoms with E-state index in [9.17, 15) is 9.59 Å². The lowest BCUT2D eigenvalue weighted by atomic mass is 10.1. The zero-order valence-electron chi connectivity index (χ0n) is 14.9. The molecule has 6 nitrogen and oxygen atoms in total. The van der Waals surface area contributed by atoms with E-state index in [4.69, 9.17) is 11.6 Å². The summed E-state index contributed by atoms with van der Waals surface area (Å²) in [4.78, 5) is 31.0. The molecule has 2 amide bonds. The Bertz CT molecular complexity index is 1040. The number of fused-ring (bicyclic) bond motifs is 1. The molecular formula is C20H19ClN4O2. The second-order valence-electron chi connectivity index (χ2n) is 6.44. The van der Waals surface area contributed by atoms with Crippen molar-refractivity contribution in [3.8, 4) is 0 Å². The third-order valence-corrected chi connectivity index (χ3v) is 5.09. The van der Waals surface area contributed by atoms with Crippen molar-refractivity contribution in [3.05, 3.63) is 53.1 Å². The fourth-order valence-electron chi connectivity index (χ4n) is 3.43. The van der Waals surface area contributed by atoms with Gasteiger partial charge in [-0.15, -0.1) is 0 Å². The first-order chi connectivity index (χ1) is 13.1. The summed E-state index contributed by atoms with van der Waals surface area (Å²) in [5.74, 6) is 0.240. The molecule has 1 saturated heterocycles. The maximum Gasteiger partial charge on any atom is 0.258 e. The second kappa shape index (κ2) is 7.04. The lowest BCUT2D eigenvalue weighted by molar-refractivity contribution is -0.117. The van der Waals surface area contributed by atoms with Crippen LogP contribution < -0.4 is 10.2 Å². The van der Waals surface area contributed by atoms with Crippen LogP contribution in [0.3, 0.4) is 0 Å². The van der Waals surface area contributed by atoms with Crippen LogP contribution in [0.2, 0.25) is 5.02 Å². The summed E-state index contributed by atoms with van der Waals surface area (Å²) in [6.45, 7) is 3.31. The molecule has 1 aliphatic rings. The number of anilines is 2. The zero-order chi connectivity index (χ0) is 19.0. The molecule has 0 unspecified atom stereocenters. The average Bonchev–Trinajstić information content (AvgIpc) is 3.24. The van der Waals surface area contributed by atoms with Gasteiger partial charge in [0.1, 0.15) is 0 Å². The van der Waals surface area contributed by atoms with Crippen LogP contribution in [0.1, 0.15) is 30.1 Å². The molecule has 2 aromatic carbocycles. The number of hydrogen-bond donors (Lipinski definition) is 1. The van der Waals surface area contributed by atoms with Crippen molar-refractivity contribution in [2.75, 3.05) is 16.8 Å². The molecule has 0 saturated carbocycles. The number of imidazole rings is 1. The van der Waals surface area contributed by atoms with E-state index in [2.05, 4.69) is 10.3 Å². The normalized spacial score (nSPS) is 14.1. The van der Waals surface area contributed by atoms with Crippen LogP contribution >= 0.6 is 11.6 Å². The maximum absolute atomic E-state index is 12.8. The highest BCUT2D eigenvalue weighted by Gasteiger charge is 2.24. The van der Waals surface area contributed by atoms with Gasteiger partial charge < -0.3 is 9.47 Å². The summed E-state index contributed by atoms with van der Waals surface area (Å²) in [6, 6.07) is 12.7. The number of nitrogens with one attached hydrogen (secondary N) is 1. The van der Waals surface area contributed by atoms with E-state index in [0.29, 0.717) is 41.7 Å². The van der Waals surface area contributed by atoms with E-state index in [0.717, 1.165) is 17.5 Å². The Balaban J connectivity index is 1.65. The van der Waals surface area contributed by atoms with Gasteiger partial charge >= 0.3 is 0 Å². The highest BCUT2D eigenvalue weighted by molar-refractivity contribution is 6.34. The number of rotatable bonds is 4. The molecule has 0 radical (unpaired) electrons. The first kappa shape index (κ1) is 17.5. The fraction of sp³-hybridized carbons (Fsp3) is 0.250. The number of carbonyl (C=O) groups excluding carboxylic acids is 2. The van der Waals surface area contributed by atoms with Crippen LogP contribution in [-0.2, 0) is 11.3 Å². The summed E-state index contributed by atoms with van der Waals surface area (Å²) in [6.07, 6.45) is 1.30. The quantitative estimate of drug-likeness (QED) is 0.739. The number of aryl methyl sites for hydroxylation is 1. The van der Waals surface area contributed by atoms with Gasteiger partial charge in [0.25, 0.3) is 5.91 Å². The van der Waals surface area contributed by atoms with Crippen molar-refractivity contribution >= 4 is 46.1 Å². The summed E-state index contributed by atoms with van der Waals surface area (Å²) in [7, 11) is 0. The summed E-state index contributed by atoms with van der Waals surface area (Å²) < 4.78 is 1.95. The van der Waals surface area contributed by atoms with Gasteiger partial charge in [-0.2, -0.15) is 0 Å². The third kappa shape index (κ3) is 3.17. The standard InChI is InChI=1S/C20H19ClN4O2/c1-2-24-16-7-4-3-6-15(16)22-20(24)23-19(27)13-9-10-14(21)17(12-13)25-11-5-8-18(25)26/h3-4,6-7,9-10,12H,2,5,8,11H2,1H3,(H,22,23,27). The van der Waals surface area contributed by atoms with Crippen molar-refractivity contribution in [2.24, 2.45) is 0 Å². The van der Waals surface area contributed by atoms with Crippen molar-refractivity contribution in [2.45, 2.75) is 26.3 Å². The zero-order valence-corrected chi connectivity index (χ0v) is 15.7. The molecular weight excluding hydrogens is 364 g/mol. The van der Waals surface area contributed by atoms with E-state index < -0.39 is 0 Å². The minimum Gasteiger partial charge on any atom is -0.311 e. The Morgan fingerprint density at radius 1 is 1.26 bits per heavy atom. The number of hydrogen-bond acceptors (Lipinski definition) is 3. The second-order valence-corrected chi connectivity index (χ2v) is 6.84. The predicted molar refractivity (Wildman–Crippen MR) is 106 cm³/mol. The highest BCUT2D eigenvalue weighted by Crippen LogP contribution is 2.30. The topological polar surface area (TPSA) is 67.2 Å². The summed E-state index contributed by atoms with van der Waals surface area (Å²) in [5, 5.41) is 3.34. The Labute approximate surface area is 161 Å². The fourth-order valence-corrected chi connectivity index (χ4v) is 3.65. The van der Waals surface area contributed by atoms with Crippen LogP contribution in [0, 0.1) is 0 Å². The molecule has 3 aromatic rings. The van der Waals surface area contributed by atoms with Gasteiger partial charge in [0.15, 0.2) is 0 Å². The monoisotopic (exact) mass is 382 g/mol. The number of amides is 2. The van der Waals surface area contributed by atoms with Gasteiger partial charge in [-0.05, 0) is 43.7 Å². The van der Waals surface area contributed by atoms with Crippen LogP contribution in [0.5, 0.6) is 0 Å². The number of aromatic nitrogens is 2. The SMILES string of the molecule is CCn1c(NC(=O)c2ccc(Cl)c(N3CCCC3=O)c2)nc2ccccc21. The van der Waals surface area contributed by atoms with Crippen LogP contribution in [0.4, 0.5) is 11.6 Å². The first-order valence-electron chi connectivity index (χ1n) is 8.95. The molecule has 0 atom stereocenters. The van der Waals surface area contributed by atoms with Gasteiger partial charge in [-0.1, -0.05) is 23.7 Å². The highest BCUT2D eigenvalue weighted by atomic mass is 35.5. The van der Waals surface area contributed by atoms with Gasteiger partial charge in [0, 0.05) is 25.1 Å². The van der Waals surface area contributed by atoms with Crippen molar-refractivity contribution in [3.63, 3.8) is 0 Å². The summed E-state index contributed by atoms with van der Waals surface area (Å²) in [5.41, 5.74) is 2.81. The van der Waals surface area contributed by atoms with Gasteiger partial charge in [0.2, 0.25) is 11.9 Å². The van der Waals surface area contributed by atoms with E-state index in [1.54, 1.807) is 23.1 Å². The van der Waals surface area contributed by atoms with Crippen molar-refractivity contribution in [1.29, 1.82) is 0 Å². The molecule has 1 aliphatic heterocycles. The molecule has 1 N–H and O–H groups in total. The minimum atomic E-state index is -0.287. The van der Waals surface area contributed by atoms with Gasteiger partial charge in [-0.25, -0.2) is 4.98 Å². The van der Waals surface area contributed by atoms with E-state index in [1.807, 2.05) is 35.8 Å². The Morgan fingerprint density at radius 3 is 2.81 bits per heavy atom. The van der Waals surface area contributed by atoms with E-state index in [-0.39, 0.29) is 11.8 Å². The number of halogens is 1. The molecule has 2 heterocycles. The molecule has 0 bridgehead atoms. The Morgan fingerprint density at radius 2 is 2.07 bits per heavy atom. The molecule has 0 spiro atoms. The lowest BCUT2D eigenvalue weighted by Gasteiger charge is -2.18. The molecule has 1 aromatic heterocycles. The minimum absolute atomic E-state index is 0.0298. The number of para-hydroxylation sites is 2. The number of carbonyl (C=O) groups is 2. The van der Waals surface area contributed by atoms with Gasteiger partial charge in [-0.3, -0.25) is 14.9 Å². The maximum atomic E-state index is 12.8. The predicted octanol–water partition coefficient (Wildman–Crippen LogP) is 4.09. The smallest absolute Gasteiger partial charge is 0.258 e. The van der Waals surface area contributed by atoms with Crippen molar-refractivity contribution in [1.82, 2.24) is 9.55 Å². The van der Waals surface area contributed by atoms with Crippen molar-refractivity contribution < 1.29 is 9.59 Å². The molecule has 4 rings (SSSR count). The molecule has 7 heteroatoms.